The summed E-state index contributed by atoms with van der Waals surface area (Å²) < 4.78 is 5.38. The van der Waals surface area contributed by atoms with Crippen LogP contribution in [0.1, 0.15) is 62.0 Å². The van der Waals surface area contributed by atoms with Crippen LogP contribution in [0.25, 0.3) is 5.70 Å². The van der Waals surface area contributed by atoms with E-state index in [0.717, 1.165) is 36.3 Å². The highest BCUT2D eigenvalue weighted by Crippen LogP contribution is 2.32. The monoisotopic (exact) mass is 420 g/mol. The van der Waals surface area contributed by atoms with Gasteiger partial charge in [-0.3, -0.25) is 9.59 Å². The second-order valence-corrected chi connectivity index (χ2v) is 8.71. The fourth-order valence-electron chi connectivity index (χ4n) is 4.02. The summed E-state index contributed by atoms with van der Waals surface area (Å²) in [5.74, 6) is 0.601. The van der Waals surface area contributed by atoms with E-state index < -0.39 is 0 Å². The summed E-state index contributed by atoms with van der Waals surface area (Å²) in [4.78, 5) is 25.5. The van der Waals surface area contributed by atoms with Gasteiger partial charge in [0, 0.05) is 40.0 Å². The van der Waals surface area contributed by atoms with Crippen molar-refractivity contribution in [2.24, 2.45) is 5.92 Å². The van der Waals surface area contributed by atoms with Crippen molar-refractivity contribution in [3.8, 4) is 5.75 Å². The van der Waals surface area contributed by atoms with Gasteiger partial charge in [-0.1, -0.05) is 32.0 Å². The van der Waals surface area contributed by atoms with Gasteiger partial charge in [-0.2, -0.15) is 0 Å². The average molecular weight is 421 g/mol. The van der Waals surface area contributed by atoms with Crippen LogP contribution in [0.2, 0.25) is 0 Å². The Labute approximate surface area is 184 Å². The van der Waals surface area contributed by atoms with Gasteiger partial charge in [-0.05, 0) is 62.9 Å². The molecule has 2 aromatic rings. The van der Waals surface area contributed by atoms with Crippen molar-refractivity contribution in [1.29, 1.82) is 0 Å². The van der Waals surface area contributed by atoms with E-state index in [2.05, 4.69) is 30.5 Å². The number of nitrogens with one attached hydrogen (secondary N) is 2. The van der Waals surface area contributed by atoms with E-state index in [1.807, 2.05) is 32.0 Å². The SMILES string of the molecule is CCC(CC)C(=O)Nc1cccc(C(=O)C=C2NC(C)(C)Cc3ccc(OC)cc32)c1. The smallest absolute Gasteiger partial charge is 0.227 e. The maximum absolute atomic E-state index is 13.1. The van der Waals surface area contributed by atoms with E-state index in [0.29, 0.717) is 11.3 Å². The molecule has 5 nitrogen and oxygen atoms in total. The van der Waals surface area contributed by atoms with Crippen molar-refractivity contribution in [3.05, 3.63) is 65.2 Å². The van der Waals surface area contributed by atoms with Crippen LogP contribution in [-0.2, 0) is 11.2 Å². The van der Waals surface area contributed by atoms with E-state index in [1.165, 1.54) is 5.56 Å². The fraction of sp³-hybridized carbons (Fsp3) is 0.385. The van der Waals surface area contributed by atoms with Crippen molar-refractivity contribution >= 4 is 23.1 Å². The normalized spacial score (nSPS) is 15.9. The molecule has 2 aromatic carbocycles. The number of ether oxygens (including phenoxy) is 1. The molecule has 0 aromatic heterocycles. The number of rotatable bonds is 7. The lowest BCUT2D eigenvalue weighted by Gasteiger charge is -2.35. The number of hydrogen-bond donors (Lipinski definition) is 2. The summed E-state index contributed by atoms with van der Waals surface area (Å²) in [5, 5.41) is 6.44. The minimum atomic E-state index is -0.168. The molecule has 1 aliphatic rings. The summed E-state index contributed by atoms with van der Waals surface area (Å²) in [7, 11) is 1.64. The van der Waals surface area contributed by atoms with Gasteiger partial charge in [0.1, 0.15) is 5.75 Å². The predicted molar refractivity (Wildman–Crippen MR) is 125 cm³/mol. The molecule has 0 spiro atoms. The third-order valence-electron chi connectivity index (χ3n) is 5.76. The Kier molecular flexibility index (Phi) is 6.84. The Hall–Kier alpha value is -3.08. The van der Waals surface area contributed by atoms with Crippen molar-refractivity contribution in [1.82, 2.24) is 5.32 Å². The van der Waals surface area contributed by atoms with Crippen LogP contribution in [0.3, 0.4) is 0 Å². The van der Waals surface area contributed by atoms with Crippen LogP contribution in [0.4, 0.5) is 5.69 Å². The number of amides is 1. The van der Waals surface area contributed by atoms with Crippen molar-refractivity contribution in [3.63, 3.8) is 0 Å². The molecule has 164 valence electrons. The zero-order chi connectivity index (χ0) is 22.6. The first-order valence-electron chi connectivity index (χ1n) is 10.9. The number of anilines is 1. The quantitative estimate of drug-likeness (QED) is 0.476. The van der Waals surface area contributed by atoms with Gasteiger partial charge in [0.15, 0.2) is 5.78 Å². The van der Waals surface area contributed by atoms with Crippen molar-refractivity contribution in [2.45, 2.75) is 52.5 Å². The Bertz CT molecular complexity index is 1000. The highest BCUT2D eigenvalue weighted by atomic mass is 16.5. The Balaban J connectivity index is 1.89. The average Bonchev–Trinajstić information content (AvgIpc) is 2.73. The molecule has 0 bridgehead atoms. The zero-order valence-corrected chi connectivity index (χ0v) is 19.0. The molecule has 5 heteroatoms. The molecule has 1 aliphatic heterocycles. The summed E-state index contributed by atoms with van der Waals surface area (Å²) in [6.07, 6.45) is 4.07. The molecule has 0 fully saturated rings. The topological polar surface area (TPSA) is 67.4 Å². The van der Waals surface area contributed by atoms with Crippen molar-refractivity contribution in [2.75, 3.05) is 12.4 Å². The lowest BCUT2D eigenvalue weighted by molar-refractivity contribution is -0.120. The lowest BCUT2D eigenvalue weighted by atomic mass is 9.85. The molecular formula is C26H32N2O3. The van der Waals surface area contributed by atoms with E-state index in [1.54, 1.807) is 31.4 Å². The maximum Gasteiger partial charge on any atom is 0.227 e. The van der Waals surface area contributed by atoms with Crippen LogP contribution in [0.5, 0.6) is 5.75 Å². The van der Waals surface area contributed by atoms with Gasteiger partial charge >= 0.3 is 0 Å². The number of carbonyl (C=O) groups is 2. The van der Waals surface area contributed by atoms with Crippen LogP contribution in [0, 0.1) is 5.92 Å². The Morgan fingerprint density at radius 1 is 1.16 bits per heavy atom. The molecule has 0 saturated carbocycles. The molecule has 2 N–H and O–H groups in total. The van der Waals surface area contributed by atoms with Gasteiger partial charge in [0.25, 0.3) is 0 Å². The molecule has 3 rings (SSSR count). The molecule has 0 atom stereocenters. The molecule has 0 saturated heterocycles. The highest BCUT2D eigenvalue weighted by molar-refractivity contribution is 6.09. The molecule has 0 unspecified atom stereocenters. The number of carbonyl (C=O) groups excluding carboxylic acids is 2. The standard InChI is InChI=1S/C26H32N2O3/c1-6-17(7-2)25(30)27-20-10-8-9-18(13-20)24(29)15-23-22-14-21(31-5)12-11-19(22)16-26(3,4)28-23/h8-15,17,28H,6-7,16H2,1-5H3,(H,27,30). The highest BCUT2D eigenvalue weighted by Gasteiger charge is 2.28. The van der Waals surface area contributed by atoms with Gasteiger partial charge in [-0.25, -0.2) is 0 Å². The first-order valence-corrected chi connectivity index (χ1v) is 10.9. The largest absolute Gasteiger partial charge is 0.497 e. The van der Waals surface area contributed by atoms with Crippen molar-refractivity contribution < 1.29 is 14.3 Å². The molecule has 31 heavy (non-hydrogen) atoms. The van der Waals surface area contributed by atoms with E-state index in [4.69, 9.17) is 4.74 Å². The number of hydrogen-bond acceptors (Lipinski definition) is 4. The zero-order valence-electron chi connectivity index (χ0n) is 19.0. The molecular weight excluding hydrogens is 388 g/mol. The maximum atomic E-state index is 13.1. The Morgan fingerprint density at radius 3 is 2.58 bits per heavy atom. The first kappa shape index (κ1) is 22.6. The summed E-state index contributed by atoms with van der Waals surface area (Å²) in [5.41, 5.74) is 3.94. The number of allylic oxidation sites excluding steroid dienone is 1. The van der Waals surface area contributed by atoms with Gasteiger partial charge in [-0.15, -0.1) is 0 Å². The summed E-state index contributed by atoms with van der Waals surface area (Å²) in [6.45, 7) is 8.25. The fourth-order valence-corrected chi connectivity index (χ4v) is 4.02. The minimum Gasteiger partial charge on any atom is -0.497 e. The second-order valence-electron chi connectivity index (χ2n) is 8.71. The summed E-state index contributed by atoms with van der Waals surface area (Å²) >= 11 is 0. The molecule has 0 aliphatic carbocycles. The third-order valence-corrected chi connectivity index (χ3v) is 5.76. The Morgan fingerprint density at radius 2 is 1.90 bits per heavy atom. The van der Waals surface area contributed by atoms with E-state index in [-0.39, 0.29) is 23.1 Å². The number of benzene rings is 2. The van der Waals surface area contributed by atoms with E-state index in [9.17, 15) is 9.59 Å². The van der Waals surface area contributed by atoms with Crippen LogP contribution in [-0.4, -0.2) is 24.3 Å². The second kappa shape index (κ2) is 9.38. The first-order chi connectivity index (χ1) is 14.8. The molecule has 1 amide bonds. The number of ketones is 1. The van der Waals surface area contributed by atoms with Crippen LogP contribution in [0.15, 0.2) is 48.5 Å². The third kappa shape index (κ3) is 5.35. The number of fused-ring (bicyclic) bond motifs is 1. The lowest BCUT2D eigenvalue weighted by Crippen LogP contribution is -2.43. The van der Waals surface area contributed by atoms with Gasteiger partial charge in [0.05, 0.1) is 7.11 Å². The van der Waals surface area contributed by atoms with E-state index >= 15 is 0 Å². The number of methoxy groups -OCH3 is 1. The minimum absolute atomic E-state index is 0.00956. The molecule has 0 radical (unpaired) electrons. The van der Waals surface area contributed by atoms with Gasteiger partial charge in [0.2, 0.25) is 5.91 Å². The van der Waals surface area contributed by atoms with Gasteiger partial charge < -0.3 is 15.4 Å². The summed E-state index contributed by atoms with van der Waals surface area (Å²) in [6, 6.07) is 13.1. The predicted octanol–water partition coefficient (Wildman–Crippen LogP) is 5.22. The van der Waals surface area contributed by atoms with Crippen LogP contribution >= 0.6 is 0 Å². The molecule has 1 heterocycles. The van der Waals surface area contributed by atoms with Crippen LogP contribution < -0.4 is 15.4 Å².